The third kappa shape index (κ3) is 3.63. The van der Waals surface area contributed by atoms with E-state index in [0.717, 1.165) is 4.48 Å². The van der Waals surface area contributed by atoms with Crippen molar-refractivity contribution in [2.45, 2.75) is 12.8 Å². The molecule has 0 spiro atoms. The van der Waals surface area contributed by atoms with Crippen LogP contribution in [0.1, 0.15) is 12.0 Å². The van der Waals surface area contributed by atoms with Gasteiger partial charge < -0.3 is 4.48 Å². The Kier molecular flexibility index (Phi) is 2.99. The Morgan fingerprint density at radius 2 is 2.08 bits per heavy atom. The predicted octanol–water partition coefficient (Wildman–Crippen LogP) is 2.04. The fourth-order valence-electron chi connectivity index (χ4n) is 1.34. The third-order valence-corrected chi connectivity index (χ3v) is 2.03. The Balaban J connectivity index is 2.20. The van der Waals surface area contributed by atoms with E-state index in [-0.39, 0.29) is 0 Å². The van der Waals surface area contributed by atoms with Gasteiger partial charge in [0.1, 0.15) is 0 Å². The average Bonchev–Trinajstić information content (AvgIpc) is 2.36. The van der Waals surface area contributed by atoms with Crippen molar-refractivity contribution < 1.29 is 4.48 Å². The van der Waals surface area contributed by atoms with Gasteiger partial charge in [-0.1, -0.05) is 6.42 Å². The highest BCUT2D eigenvalue weighted by Crippen LogP contribution is 2.05. The SMILES string of the molecule is C[N+](C)(C)CCCc1cc[cH-]c1. The van der Waals surface area contributed by atoms with Crippen molar-refractivity contribution in [1.82, 2.24) is 0 Å². The summed E-state index contributed by atoms with van der Waals surface area (Å²) in [4.78, 5) is 0. The van der Waals surface area contributed by atoms with E-state index in [9.17, 15) is 0 Å². The maximum Gasteiger partial charge on any atom is 0.0773 e. The van der Waals surface area contributed by atoms with Crippen LogP contribution in [0.2, 0.25) is 0 Å². The molecule has 0 atom stereocenters. The first-order chi connectivity index (χ1) is 5.58. The third-order valence-electron chi connectivity index (χ3n) is 2.03. The van der Waals surface area contributed by atoms with E-state index < -0.39 is 0 Å². The fraction of sp³-hybridized carbons (Fsp3) is 0.545. The molecule has 0 saturated carbocycles. The van der Waals surface area contributed by atoms with Crippen LogP contribution in [0.25, 0.3) is 0 Å². The van der Waals surface area contributed by atoms with Crippen LogP contribution in [0.4, 0.5) is 0 Å². The number of nitrogens with zero attached hydrogens (tertiary/aromatic N) is 1. The smallest absolute Gasteiger partial charge is 0.0773 e. The lowest BCUT2D eigenvalue weighted by Crippen LogP contribution is -2.35. The van der Waals surface area contributed by atoms with Crippen LogP contribution in [-0.4, -0.2) is 32.2 Å². The standard InChI is InChI=1S/C11H19N/c1-12(2,3)10-6-9-11-7-4-5-8-11/h4-5,7-8H,6,9-10H2,1-3H3. The monoisotopic (exact) mass is 165 g/mol. The molecule has 0 N–H and O–H groups in total. The van der Waals surface area contributed by atoms with Gasteiger partial charge in [-0.25, -0.2) is 6.07 Å². The molecule has 12 heavy (non-hydrogen) atoms. The molecule has 0 amide bonds. The predicted molar refractivity (Wildman–Crippen MR) is 53.3 cm³/mol. The molecule has 0 aliphatic carbocycles. The van der Waals surface area contributed by atoms with Gasteiger partial charge in [0.25, 0.3) is 0 Å². The molecule has 1 aromatic rings. The van der Waals surface area contributed by atoms with Crippen LogP contribution in [0.15, 0.2) is 24.3 Å². The summed E-state index contributed by atoms with van der Waals surface area (Å²) < 4.78 is 1.07. The molecule has 1 rings (SSSR count). The normalized spacial score (nSPS) is 11.9. The Labute approximate surface area is 75.6 Å². The van der Waals surface area contributed by atoms with Gasteiger partial charge in [0.05, 0.1) is 27.7 Å². The minimum atomic E-state index is 1.07. The summed E-state index contributed by atoms with van der Waals surface area (Å²) in [6.45, 7) is 1.26. The maximum atomic E-state index is 2.24. The number of hydrogen-bond donors (Lipinski definition) is 0. The largest absolute Gasteiger partial charge is 0.331 e. The summed E-state index contributed by atoms with van der Waals surface area (Å²) in [5.41, 5.74) is 1.48. The van der Waals surface area contributed by atoms with Crippen LogP contribution in [0.5, 0.6) is 0 Å². The van der Waals surface area contributed by atoms with Gasteiger partial charge in [-0.05, 0) is 6.42 Å². The Morgan fingerprint density at radius 3 is 2.58 bits per heavy atom. The number of rotatable bonds is 4. The molecular weight excluding hydrogens is 146 g/mol. The van der Waals surface area contributed by atoms with E-state index in [2.05, 4.69) is 45.4 Å². The van der Waals surface area contributed by atoms with Crippen LogP contribution in [0, 0.1) is 0 Å². The van der Waals surface area contributed by atoms with E-state index in [4.69, 9.17) is 0 Å². The molecule has 0 unspecified atom stereocenters. The Bertz CT molecular complexity index is 203. The average molecular weight is 165 g/mol. The molecule has 0 aliphatic rings. The van der Waals surface area contributed by atoms with Gasteiger partial charge in [-0.2, -0.15) is 23.8 Å². The zero-order chi connectivity index (χ0) is 9.03. The minimum Gasteiger partial charge on any atom is -0.331 e. The van der Waals surface area contributed by atoms with Crippen molar-refractivity contribution >= 4 is 0 Å². The molecule has 0 radical (unpaired) electrons. The van der Waals surface area contributed by atoms with Gasteiger partial charge in [0.15, 0.2) is 0 Å². The van der Waals surface area contributed by atoms with E-state index >= 15 is 0 Å². The topological polar surface area (TPSA) is 0 Å². The molecule has 0 bridgehead atoms. The second-order valence-electron chi connectivity index (χ2n) is 4.41. The number of quaternary nitrogens is 1. The van der Waals surface area contributed by atoms with Gasteiger partial charge in [-0.15, -0.1) is 0 Å². The highest BCUT2D eigenvalue weighted by molar-refractivity contribution is 5.15. The lowest BCUT2D eigenvalue weighted by Gasteiger charge is -2.24. The summed E-state index contributed by atoms with van der Waals surface area (Å²) in [5.74, 6) is 0. The van der Waals surface area contributed by atoms with Crippen molar-refractivity contribution in [2.24, 2.45) is 0 Å². The molecule has 1 aromatic carbocycles. The first-order valence-electron chi connectivity index (χ1n) is 4.59. The van der Waals surface area contributed by atoms with E-state index in [1.165, 1.54) is 24.9 Å². The van der Waals surface area contributed by atoms with Crippen LogP contribution >= 0.6 is 0 Å². The van der Waals surface area contributed by atoms with Crippen molar-refractivity contribution in [2.75, 3.05) is 27.7 Å². The van der Waals surface area contributed by atoms with Crippen LogP contribution in [0.3, 0.4) is 0 Å². The summed E-state index contributed by atoms with van der Waals surface area (Å²) in [6, 6.07) is 8.63. The highest BCUT2D eigenvalue weighted by atomic mass is 15.3. The van der Waals surface area contributed by atoms with Crippen molar-refractivity contribution in [1.29, 1.82) is 0 Å². The molecule has 1 heteroatoms. The summed E-state index contributed by atoms with van der Waals surface area (Å²) in [7, 11) is 6.72. The summed E-state index contributed by atoms with van der Waals surface area (Å²) in [5, 5.41) is 0. The van der Waals surface area contributed by atoms with Crippen molar-refractivity contribution in [3.63, 3.8) is 0 Å². The van der Waals surface area contributed by atoms with E-state index in [1.807, 2.05) is 0 Å². The van der Waals surface area contributed by atoms with Crippen LogP contribution in [-0.2, 0) is 6.42 Å². The number of aryl methyl sites for hydroxylation is 1. The molecule has 0 aromatic heterocycles. The molecule has 68 valence electrons. The lowest BCUT2D eigenvalue weighted by molar-refractivity contribution is -0.870. The molecule has 0 aliphatic heterocycles. The number of hydrogen-bond acceptors (Lipinski definition) is 0. The fourth-order valence-corrected chi connectivity index (χ4v) is 1.34. The first-order valence-corrected chi connectivity index (χ1v) is 4.59. The first kappa shape index (κ1) is 9.40. The van der Waals surface area contributed by atoms with Crippen molar-refractivity contribution in [3.05, 3.63) is 29.8 Å². The Hall–Kier alpha value is -0.690. The minimum absolute atomic E-state index is 1.07. The molecule has 0 heterocycles. The van der Waals surface area contributed by atoms with Gasteiger partial charge >= 0.3 is 0 Å². The van der Waals surface area contributed by atoms with Crippen LogP contribution < -0.4 is 0 Å². The second kappa shape index (κ2) is 3.81. The quantitative estimate of drug-likeness (QED) is 0.473. The molecule has 1 nitrogen and oxygen atoms in total. The van der Waals surface area contributed by atoms with Gasteiger partial charge in [0.2, 0.25) is 0 Å². The summed E-state index contributed by atoms with van der Waals surface area (Å²) >= 11 is 0. The maximum absolute atomic E-state index is 2.24. The molecule has 0 saturated heterocycles. The lowest BCUT2D eigenvalue weighted by atomic mass is 10.2. The molecular formula is C11H19N. The van der Waals surface area contributed by atoms with Crippen molar-refractivity contribution in [3.8, 4) is 0 Å². The highest BCUT2D eigenvalue weighted by Gasteiger charge is 2.03. The van der Waals surface area contributed by atoms with E-state index in [0.29, 0.717) is 0 Å². The van der Waals surface area contributed by atoms with E-state index in [1.54, 1.807) is 0 Å². The Morgan fingerprint density at radius 1 is 1.33 bits per heavy atom. The zero-order valence-electron chi connectivity index (χ0n) is 8.38. The van der Waals surface area contributed by atoms with Gasteiger partial charge in [0, 0.05) is 0 Å². The second-order valence-corrected chi connectivity index (χ2v) is 4.41. The summed E-state index contributed by atoms with van der Waals surface area (Å²) in [6.07, 6.45) is 2.51. The zero-order valence-corrected chi connectivity index (χ0v) is 8.38. The van der Waals surface area contributed by atoms with Gasteiger partial charge in [-0.3, -0.25) is 0 Å². The molecule has 0 fully saturated rings.